The summed E-state index contributed by atoms with van der Waals surface area (Å²) in [7, 11) is 0. The minimum absolute atomic E-state index is 0.465. The van der Waals surface area contributed by atoms with Crippen molar-refractivity contribution in [3.63, 3.8) is 0 Å². The first kappa shape index (κ1) is 69.9. The number of aliphatic hydroxyl groups is 4. The molecule has 0 atom stereocenters. The molecule has 0 rings (SSSR count). The molecule has 0 saturated heterocycles. The Morgan fingerprint density at radius 3 is 0.384 bits per heavy atom. The van der Waals surface area contributed by atoms with Crippen molar-refractivity contribution in [2.75, 3.05) is 26.4 Å². The topological polar surface area (TPSA) is 118 Å². The van der Waals surface area contributed by atoms with Crippen molar-refractivity contribution < 1.29 is 215 Å². The van der Waals surface area contributed by atoms with E-state index in [2.05, 4.69) is 0 Å². The molecule has 0 aliphatic rings. The number of rotatable bonds is 28. The molecule has 0 amide bonds. The largest absolute Gasteiger partial charge is 0.430 e. The summed E-state index contributed by atoms with van der Waals surface area (Å²) in [6.07, 6.45) is -83.3. The molecule has 0 saturated carbocycles. The molecule has 0 radical (unpaired) electrons. The summed E-state index contributed by atoms with van der Waals surface area (Å²) < 4.78 is 574. The molecular weight excluding hydrogens is 1190 g/mol. The lowest BCUT2D eigenvalue weighted by atomic mass is 9.80. The minimum Gasteiger partial charge on any atom is -0.390 e. The van der Waals surface area contributed by atoms with E-state index in [0.717, 1.165) is 0 Å². The van der Waals surface area contributed by atoms with Gasteiger partial charge in [0.25, 0.3) is 0 Å². The van der Waals surface area contributed by atoms with Gasteiger partial charge >= 0.3 is 125 Å². The van der Waals surface area contributed by atoms with Crippen LogP contribution in [0.2, 0.25) is 0 Å². The molecule has 0 unspecified atom stereocenters. The molecule has 48 heteroatoms. The van der Waals surface area contributed by atoms with Crippen LogP contribution in [0, 0.1) is 5.41 Å². The predicted molar refractivity (Wildman–Crippen MR) is 134 cm³/mol. The standard InChI is InChI=1S/C25H12F40O8/c26-5(27,1-66)10(34,35)14(42,43)22(58,59)70-18(50,51)9(19(52,53)71-23(60,61)15(44,45)11(36,37)6(28,29)2-67,20(54,55)72-24(62,63)16(46,47)12(38,39)7(30,31)3-68)21(56,57)73-25(64,65)17(48,49)13(40,41)8(32,33)4-69/h66-69H,1-4H2. The van der Waals surface area contributed by atoms with Crippen LogP contribution < -0.4 is 0 Å². The van der Waals surface area contributed by atoms with Crippen molar-refractivity contribution in [3.8, 4) is 0 Å². The van der Waals surface area contributed by atoms with E-state index in [1.54, 1.807) is 0 Å². The third-order valence-corrected chi connectivity index (χ3v) is 8.44. The SMILES string of the molecule is OCC(F)(F)C(F)(F)C(F)(F)C(F)(F)OC(F)(F)C(C(F)(F)OC(F)(F)C(F)(F)C(F)(F)C(F)(F)CO)(C(F)(F)OC(F)(F)C(F)(F)C(F)(F)C(F)(F)CO)C(F)(F)OC(F)(F)C(F)(F)C(F)(F)C(F)(F)CO. The Labute approximate surface area is 368 Å². The van der Waals surface area contributed by atoms with E-state index in [9.17, 15) is 140 Å². The first-order valence-corrected chi connectivity index (χ1v) is 15.9. The Morgan fingerprint density at radius 2 is 0.288 bits per heavy atom. The van der Waals surface area contributed by atoms with Crippen molar-refractivity contribution in [2.24, 2.45) is 5.41 Å². The van der Waals surface area contributed by atoms with Gasteiger partial charge in [-0.3, -0.25) is 0 Å². The normalized spacial score (nSPS) is 16.9. The Hall–Kier alpha value is -3.12. The lowest BCUT2D eigenvalue weighted by Gasteiger charge is -2.52. The summed E-state index contributed by atoms with van der Waals surface area (Å²) in [5.41, 5.74) is -11.6. The number of alkyl halides is 40. The molecule has 4 N–H and O–H groups in total. The van der Waals surface area contributed by atoms with Gasteiger partial charge in [0.1, 0.15) is 26.4 Å². The first-order valence-electron chi connectivity index (χ1n) is 15.9. The second-order valence-electron chi connectivity index (χ2n) is 13.3. The van der Waals surface area contributed by atoms with Crippen LogP contribution in [-0.4, -0.2) is 167 Å². The molecular formula is C25H12F40O8. The molecule has 0 aliphatic heterocycles. The summed E-state index contributed by atoms with van der Waals surface area (Å²) in [5.74, 6) is -104. The van der Waals surface area contributed by atoms with Crippen molar-refractivity contribution in [1.82, 2.24) is 0 Å². The van der Waals surface area contributed by atoms with Crippen LogP contribution in [0.15, 0.2) is 0 Å². The van der Waals surface area contributed by atoms with Gasteiger partial charge in [0.15, 0.2) is 0 Å². The van der Waals surface area contributed by atoms with Crippen molar-refractivity contribution in [1.29, 1.82) is 0 Å². The number of hydrogen-bond donors (Lipinski definition) is 4. The molecule has 0 bridgehead atoms. The molecule has 0 aromatic carbocycles. The van der Waals surface area contributed by atoms with Crippen LogP contribution in [-0.2, 0) is 18.9 Å². The van der Waals surface area contributed by atoms with Gasteiger partial charge in [-0.15, -0.1) is 0 Å². The molecule has 0 aromatic heterocycles. The molecule has 0 fully saturated rings. The van der Waals surface area contributed by atoms with E-state index in [4.69, 9.17) is 20.4 Å². The van der Waals surface area contributed by atoms with Gasteiger partial charge in [-0.1, -0.05) is 0 Å². The predicted octanol–water partition coefficient (Wildman–Crippen LogP) is 10.4. The van der Waals surface area contributed by atoms with Crippen LogP contribution in [0.3, 0.4) is 0 Å². The highest BCUT2D eigenvalue weighted by molar-refractivity contribution is 5.13. The van der Waals surface area contributed by atoms with Crippen LogP contribution in [0.4, 0.5) is 176 Å². The van der Waals surface area contributed by atoms with E-state index in [1.807, 2.05) is 0 Å². The Bertz CT molecular complexity index is 1640. The van der Waals surface area contributed by atoms with E-state index < -0.39 is 152 Å². The van der Waals surface area contributed by atoms with Crippen LogP contribution in [0.25, 0.3) is 0 Å². The maximum absolute atomic E-state index is 15.7. The van der Waals surface area contributed by atoms with Crippen molar-refractivity contribution in [3.05, 3.63) is 0 Å². The van der Waals surface area contributed by atoms with Crippen molar-refractivity contribution >= 4 is 0 Å². The number of aliphatic hydroxyl groups excluding tert-OH is 4. The van der Waals surface area contributed by atoms with Crippen LogP contribution in [0.1, 0.15) is 0 Å². The van der Waals surface area contributed by atoms with Gasteiger partial charge in [0.05, 0.1) is 0 Å². The van der Waals surface area contributed by atoms with Gasteiger partial charge in [-0.05, 0) is 0 Å². The highest BCUT2D eigenvalue weighted by Crippen LogP contribution is 2.72. The summed E-state index contributed by atoms with van der Waals surface area (Å²) in [6.45, 7) is -17.0. The van der Waals surface area contributed by atoms with Gasteiger partial charge in [-0.25, -0.2) is 18.9 Å². The van der Waals surface area contributed by atoms with E-state index in [-0.39, 0.29) is 0 Å². The fraction of sp³-hybridized carbons (Fsp3) is 1.00. The highest BCUT2D eigenvalue weighted by atomic mass is 19.4. The Balaban J connectivity index is 10.1. The lowest BCUT2D eigenvalue weighted by Crippen LogP contribution is -2.79. The molecule has 0 aliphatic carbocycles. The average molecular weight is 1200 g/mol. The second kappa shape index (κ2) is 18.5. The third-order valence-electron chi connectivity index (χ3n) is 8.44. The fourth-order valence-corrected chi connectivity index (χ4v) is 4.27. The quantitative estimate of drug-likeness (QED) is 0.0573. The van der Waals surface area contributed by atoms with Crippen LogP contribution in [0.5, 0.6) is 0 Å². The van der Waals surface area contributed by atoms with E-state index in [1.165, 1.54) is 0 Å². The molecule has 440 valence electrons. The third kappa shape index (κ3) is 9.85. The van der Waals surface area contributed by atoms with Crippen molar-refractivity contribution in [2.45, 2.75) is 120 Å². The second-order valence-corrected chi connectivity index (χ2v) is 13.3. The Morgan fingerprint density at radius 1 is 0.178 bits per heavy atom. The van der Waals surface area contributed by atoms with Gasteiger partial charge in [0, 0.05) is 0 Å². The molecule has 0 aromatic rings. The maximum atomic E-state index is 15.7. The number of ether oxygens (including phenoxy) is 4. The summed E-state index contributed by atoms with van der Waals surface area (Å²) in [4.78, 5) is 0. The zero-order chi connectivity index (χ0) is 60.2. The zero-order valence-electron chi connectivity index (χ0n) is 31.9. The average Bonchev–Trinajstić information content (AvgIpc) is 3.14. The van der Waals surface area contributed by atoms with Gasteiger partial charge in [-0.2, -0.15) is 176 Å². The highest BCUT2D eigenvalue weighted by Gasteiger charge is 3.01. The van der Waals surface area contributed by atoms with E-state index in [0.29, 0.717) is 18.9 Å². The number of halogens is 40. The first-order chi connectivity index (χ1) is 31.1. The molecule has 8 nitrogen and oxygen atoms in total. The molecule has 0 heterocycles. The monoisotopic (exact) mass is 1200 g/mol. The summed E-state index contributed by atoms with van der Waals surface area (Å²) >= 11 is 0. The summed E-state index contributed by atoms with van der Waals surface area (Å²) in [6, 6.07) is 0. The molecule has 73 heavy (non-hydrogen) atoms. The lowest BCUT2D eigenvalue weighted by molar-refractivity contribution is -0.631. The zero-order valence-corrected chi connectivity index (χ0v) is 31.9. The summed E-state index contributed by atoms with van der Waals surface area (Å²) in [5, 5.41) is 32.2. The molecule has 0 spiro atoms. The van der Waals surface area contributed by atoms with Gasteiger partial charge < -0.3 is 20.4 Å². The van der Waals surface area contributed by atoms with Gasteiger partial charge in [0.2, 0.25) is 0 Å². The fourth-order valence-electron chi connectivity index (χ4n) is 4.27. The maximum Gasteiger partial charge on any atom is 0.430 e. The minimum atomic E-state index is -11.6. The van der Waals surface area contributed by atoms with E-state index >= 15 is 35.1 Å². The van der Waals surface area contributed by atoms with Crippen LogP contribution >= 0.6 is 0 Å². The Kier molecular flexibility index (Phi) is 17.7. The smallest absolute Gasteiger partial charge is 0.390 e. The number of hydrogen-bond acceptors (Lipinski definition) is 8.